The number of benzene rings is 1. The second kappa shape index (κ2) is 10.5. The molecule has 8 nitrogen and oxygen atoms in total. The minimum absolute atomic E-state index is 0.129. The molecule has 0 spiro atoms. The number of hydrogen-bond donors (Lipinski definition) is 1. The van der Waals surface area contributed by atoms with Crippen LogP contribution in [0.2, 0.25) is 0 Å². The predicted molar refractivity (Wildman–Crippen MR) is 115 cm³/mol. The van der Waals surface area contributed by atoms with E-state index in [1.807, 2.05) is 12.1 Å². The lowest BCUT2D eigenvalue weighted by Crippen LogP contribution is -2.50. The zero-order valence-electron chi connectivity index (χ0n) is 17.9. The SMILES string of the molecule is COc1cccc(CNC(=O)C2CCCN(S(=O)(=O)N3CCCCCC3)C2)c1OC. The van der Waals surface area contributed by atoms with Gasteiger partial charge in [0.25, 0.3) is 10.2 Å². The molecule has 9 heteroatoms. The smallest absolute Gasteiger partial charge is 0.281 e. The summed E-state index contributed by atoms with van der Waals surface area (Å²) in [5.74, 6) is 0.721. The Bertz CT molecular complexity index is 822. The Kier molecular flexibility index (Phi) is 7.96. The zero-order valence-corrected chi connectivity index (χ0v) is 18.7. The summed E-state index contributed by atoms with van der Waals surface area (Å²) in [6.45, 7) is 2.16. The molecule has 1 aromatic carbocycles. The van der Waals surface area contributed by atoms with Gasteiger partial charge < -0.3 is 14.8 Å². The van der Waals surface area contributed by atoms with E-state index in [4.69, 9.17) is 9.47 Å². The highest BCUT2D eigenvalue weighted by molar-refractivity contribution is 7.86. The van der Waals surface area contributed by atoms with E-state index in [1.54, 1.807) is 24.6 Å². The van der Waals surface area contributed by atoms with E-state index >= 15 is 0 Å². The zero-order chi connectivity index (χ0) is 21.6. The molecule has 3 rings (SSSR count). The number of ether oxygens (including phenoxy) is 2. The van der Waals surface area contributed by atoms with Gasteiger partial charge >= 0.3 is 0 Å². The molecule has 168 valence electrons. The normalized spacial score (nSPS) is 21.6. The number of para-hydroxylation sites is 1. The van der Waals surface area contributed by atoms with Crippen molar-refractivity contribution in [2.45, 2.75) is 45.1 Å². The number of methoxy groups -OCH3 is 2. The number of piperidine rings is 1. The van der Waals surface area contributed by atoms with Crippen molar-refractivity contribution in [1.29, 1.82) is 0 Å². The molecule has 2 heterocycles. The Balaban J connectivity index is 1.62. The van der Waals surface area contributed by atoms with Gasteiger partial charge in [0.1, 0.15) is 0 Å². The highest BCUT2D eigenvalue weighted by Crippen LogP contribution is 2.30. The van der Waals surface area contributed by atoms with E-state index in [1.165, 1.54) is 4.31 Å². The molecule has 2 saturated heterocycles. The number of nitrogens with one attached hydrogen (secondary N) is 1. The maximum Gasteiger partial charge on any atom is 0.281 e. The maximum absolute atomic E-state index is 13.1. The fraction of sp³-hybridized carbons (Fsp3) is 0.667. The van der Waals surface area contributed by atoms with Crippen molar-refractivity contribution in [2.24, 2.45) is 5.92 Å². The van der Waals surface area contributed by atoms with Gasteiger partial charge in [-0.25, -0.2) is 0 Å². The third-order valence-electron chi connectivity index (χ3n) is 5.91. The van der Waals surface area contributed by atoms with Gasteiger partial charge in [-0.05, 0) is 31.7 Å². The third kappa shape index (κ3) is 5.25. The number of amides is 1. The summed E-state index contributed by atoms with van der Waals surface area (Å²) < 4.78 is 40.0. The van der Waals surface area contributed by atoms with Crippen LogP contribution in [0, 0.1) is 5.92 Å². The van der Waals surface area contributed by atoms with Gasteiger partial charge in [0, 0.05) is 38.3 Å². The first-order valence-corrected chi connectivity index (χ1v) is 12.1. The minimum Gasteiger partial charge on any atom is -0.493 e. The lowest BCUT2D eigenvalue weighted by Gasteiger charge is -2.34. The van der Waals surface area contributed by atoms with Crippen LogP contribution in [0.4, 0.5) is 0 Å². The summed E-state index contributed by atoms with van der Waals surface area (Å²) in [6.07, 6.45) is 5.33. The van der Waals surface area contributed by atoms with Gasteiger partial charge in [0.2, 0.25) is 5.91 Å². The van der Waals surface area contributed by atoms with E-state index in [2.05, 4.69) is 5.32 Å². The van der Waals surface area contributed by atoms with Crippen LogP contribution in [0.15, 0.2) is 18.2 Å². The maximum atomic E-state index is 13.1. The number of carbonyl (C=O) groups is 1. The first-order chi connectivity index (χ1) is 14.5. The largest absolute Gasteiger partial charge is 0.493 e. The van der Waals surface area contributed by atoms with Gasteiger partial charge in [-0.15, -0.1) is 0 Å². The van der Waals surface area contributed by atoms with Crippen molar-refractivity contribution in [3.63, 3.8) is 0 Å². The summed E-state index contributed by atoms with van der Waals surface area (Å²) in [5, 5.41) is 2.95. The van der Waals surface area contributed by atoms with Crippen LogP contribution >= 0.6 is 0 Å². The van der Waals surface area contributed by atoms with Gasteiger partial charge in [-0.2, -0.15) is 17.0 Å². The van der Waals surface area contributed by atoms with Crippen molar-refractivity contribution in [2.75, 3.05) is 40.4 Å². The average molecular weight is 440 g/mol. The highest BCUT2D eigenvalue weighted by atomic mass is 32.2. The van der Waals surface area contributed by atoms with Gasteiger partial charge in [0.05, 0.1) is 20.1 Å². The number of rotatable bonds is 7. The molecule has 2 aliphatic rings. The molecule has 0 bridgehead atoms. The number of carbonyl (C=O) groups excluding carboxylic acids is 1. The first-order valence-electron chi connectivity index (χ1n) is 10.7. The summed E-state index contributed by atoms with van der Waals surface area (Å²) in [7, 11) is -0.375. The van der Waals surface area contributed by atoms with Gasteiger partial charge in [-0.3, -0.25) is 4.79 Å². The molecule has 1 amide bonds. The third-order valence-corrected chi connectivity index (χ3v) is 7.91. The van der Waals surface area contributed by atoms with Crippen molar-refractivity contribution >= 4 is 16.1 Å². The molecule has 30 heavy (non-hydrogen) atoms. The molecule has 1 N–H and O–H groups in total. The molecular weight excluding hydrogens is 406 g/mol. The lowest BCUT2D eigenvalue weighted by atomic mass is 9.98. The number of nitrogens with zero attached hydrogens (tertiary/aromatic N) is 2. The second-order valence-electron chi connectivity index (χ2n) is 7.89. The number of hydrogen-bond acceptors (Lipinski definition) is 5. The van der Waals surface area contributed by atoms with E-state index in [0.29, 0.717) is 50.5 Å². The summed E-state index contributed by atoms with van der Waals surface area (Å²) in [6, 6.07) is 5.52. The molecule has 0 radical (unpaired) electrons. The van der Waals surface area contributed by atoms with E-state index in [9.17, 15) is 13.2 Å². The Morgan fingerprint density at radius 1 is 1.03 bits per heavy atom. The average Bonchev–Trinajstić information content (AvgIpc) is 3.07. The molecule has 0 aliphatic carbocycles. The van der Waals surface area contributed by atoms with Crippen LogP contribution in [-0.2, 0) is 21.5 Å². The highest BCUT2D eigenvalue weighted by Gasteiger charge is 2.36. The molecular formula is C21H33N3O5S. The quantitative estimate of drug-likeness (QED) is 0.703. The Morgan fingerprint density at radius 2 is 1.73 bits per heavy atom. The fourth-order valence-electron chi connectivity index (χ4n) is 4.22. The second-order valence-corrected chi connectivity index (χ2v) is 9.82. The minimum atomic E-state index is -3.51. The van der Waals surface area contributed by atoms with E-state index in [0.717, 1.165) is 31.2 Å². The summed E-state index contributed by atoms with van der Waals surface area (Å²) in [4.78, 5) is 12.8. The van der Waals surface area contributed by atoms with Crippen LogP contribution in [0.1, 0.15) is 44.1 Å². The molecule has 0 saturated carbocycles. The summed E-state index contributed by atoms with van der Waals surface area (Å²) in [5.41, 5.74) is 0.815. The van der Waals surface area contributed by atoms with Crippen molar-refractivity contribution in [3.05, 3.63) is 23.8 Å². The van der Waals surface area contributed by atoms with Crippen LogP contribution in [0.5, 0.6) is 11.5 Å². The molecule has 1 atom stereocenters. The van der Waals surface area contributed by atoms with E-state index in [-0.39, 0.29) is 18.4 Å². The Morgan fingerprint density at radius 3 is 2.40 bits per heavy atom. The van der Waals surface area contributed by atoms with Gasteiger partial charge in [-0.1, -0.05) is 25.0 Å². The Labute approximate surface area is 179 Å². The molecule has 2 aliphatic heterocycles. The van der Waals surface area contributed by atoms with Gasteiger partial charge in [0.15, 0.2) is 11.5 Å². The lowest BCUT2D eigenvalue weighted by molar-refractivity contribution is -0.126. The predicted octanol–water partition coefficient (Wildman–Crippen LogP) is 2.15. The van der Waals surface area contributed by atoms with Crippen molar-refractivity contribution in [3.8, 4) is 11.5 Å². The van der Waals surface area contributed by atoms with E-state index < -0.39 is 10.2 Å². The Hall–Kier alpha value is -1.84. The first kappa shape index (κ1) is 22.8. The molecule has 2 fully saturated rings. The van der Waals surface area contributed by atoms with Crippen LogP contribution in [0.25, 0.3) is 0 Å². The monoisotopic (exact) mass is 439 g/mol. The fourth-order valence-corrected chi connectivity index (χ4v) is 6.00. The molecule has 0 aromatic heterocycles. The van der Waals surface area contributed by atoms with Crippen LogP contribution in [-0.4, -0.2) is 63.3 Å². The van der Waals surface area contributed by atoms with Crippen LogP contribution in [0.3, 0.4) is 0 Å². The van der Waals surface area contributed by atoms with Crippen molar-refractivity contribution < 1.29 is 22.7 Å². The standard InChI is InChI=1S/C21H33N3O5S/c1-28-19-11-7-9-17(20(19)29-2)15-22-21(25)18-10-8-14-24(16-18)30(26,27)23-12-5-3-4-6-13-23/h7,9,11,18H,3-6,8,10,12-16H2,1-2H3,(H,22,25). The molecule has 1 unspecified atom stereocenters. The van der Waals surface area contributed by atoms with Crippen LogP contribution < -0.4 is 14.8 Å². The summed E-state index contributed by atoms with van der Waals surface area (Å²) >= 11 is 0. The topological polar surface area (TPSA) is 88.2 Å². The van der Waals surface area contributed by atoms with Crippen molar-refractivity contribution in [1.82, 2.24) is 13.9 Å². The molecule has 1 aromatic rings.